The van der Waals surface area contributed by atoms with Gasteiger partial charge in [0, 0.05) is 17.9 Å². The molecular weight excluding hydrogens is 214 g/mol. The molecule has 0 aliphatic rings. The average molecular weight is 223 g/mol. The third kappa shape index (κ3) is 3.75. The van der Waals surface area contributed by atoms with Crippen molar-refractivity contribution in [1.82, 2.24) is 0 Å². The lowest BCUT2D eigenvalue weighted by molar-refractivity contribution is 0.0989. The lowest BCUT2D eigenvalue weighted by Gasteiger charge is -1.97. The molecule has 0 aromatic heterocycles. The number of hydrogen-bond acceptors (Lipinski definition) is 1. The van der Waals surface area contributed by atoms with E-state index in [1.165, 1.54) is 18.2 Å². The van der Waals surface area contributed by atoms with Crippen LogP contribution in [0.3, 0.4) is 0 Å². The molecule has 1 aromatic carbocycles. The van der Waals surface area contributed by atoms with E-state index in [0.29, 0.717) is 5.56 Å². The van der Waals surface area contributed by atoms with Gasteiger partial charge in [-0.1, -0.05) is 12.1 Å². The summed E-state index contributed by atoms with van der Waals surface area (Å²) in [5, 5.41) is 0. The fourth-order valence-corrected chi connectivity index (χ4v) is 1.06. The smallest absolute Gasteiger partial charge is 0.164 e. The zero-order valence-electron chi connectivity index (χ0n) is 6.80. The fourth-order valence-electron chi connectivity index (χ4n) is 0.892. The topological polar surface area (TPSA) is 17.1 Å². The predicted molar refractivity (Wildman–Crippen MR) is 53.3 cm³/mol. The van der Waals surface area contributed by atoms with Crippen LogP contribution < -0.4 is 0 Å². The van der Waals surface area contributed by atoms with Crippen molar-refractivity contribution in [3.8, 4) is 0 Å². The van der Waals surface area contributed by atoms with E-state index in [-0.39, 0.29) is 30.5 Å². The summed E-state index contributed by atoms with van der Waals surface area (Å²) in [5.41, 5.74) is 0.385. The molecule has 0 aliphatic carbocycles. The Labute approximate surface area is 87.3 Å². The lowest BCUT2D eigenvalue weighted by Crippen LogP contribution is -1.99. The minimum atomic E-state index is -0.393. The van der Waals surface area contributed by atoms with Gasteiger partial charge in [0.2, 0.25) is 0 Å². The van der Waals surface area contributed by atoms with Crippen LogP contribution in [0.2, 0.25) is 0 Å². The molecule has 0 atom stereocenters. The second-order valence-electron chi connectivity index (χ2n) is 2.37. The van der Waals surface area contributed by atoms with Crippen LogP contribution in [0.1, 0.15) is 16.8 Å². The molecule has 1 rings (SSSR count). The van der Waals surface area contributed by atoms with Crippen LogP contribution in [-0.4, -0.2) is 11.7 Å². The van der Waals surface area contributed by atoms with Crippen LogP contribution >= 0.6 is 24.0 Å². The molecule has 0 spiro atoms. The molecule has 0 bridgehead atoms. The van der Waals surface area contributed by atoms with Crippen LogP contribution in [0.25, 0.3) is 0 Å². The Kier molecular flexibility index (Phi) is 5.67. The number of halogens is 3. The molecule has 0 saturated heterocycles. The van der Waals surface area contributed by atoms with Crippen LogP contribution in [0.5, 0.6) is 0 Å². The van der Waals surface area contributed by atoms with Crippen LogP contribution in [0.4, 0.5) is 4.39 Å². The number of alkyl halides is 1. The monoisotopic (exact) mass is 222 g/mol. The van der Waals surface area contributed by atoms with Gasteiger partial charge in [-0.3, -0.25) is 4.79 Å². The van der Waals surface area contributed by atoms with E-state index >= 15 is 0 Å². The first-order chi connectivity index (χ1) is 5.74. The minimum Gasteiger partial charge on any atom is -0.294 e. The van der Waals surface area contributed by atoms with Gasteiger partial charge in [0.1, 0.15) is 5.82 Å². The molecule has 0 radical (unpaired) electrons. The van der Waals surface area contributed by atoms with Crippen molar-refractivity contribution in [1.29, 1.82) is 0 Å². The van der Waals surface area contributed by atoms with E-state index in [2.05, 4.69) is 0 Å². The van der Waals surface area contributed by atoms with Crippen molar-refractivity contribution >= 4 is 29.8 Å². The highest BCUT2D eigenvalue weighted by Gasteiger charge is 2.04. The van der Waals surface area contributed by atoms with E-state index in [1.807, 2.05) is 0 Å². The maximum absolute atomic E-state index is 12.6. The molecule has 1 aromatic rings. The molecule has 72 valence electrons. The molecule has 0 N–H and O–H groups in total. The summed E-state index contributed by atoms with van der Waals surface area (Å²) >= 11 is 5.37. The van der Waals surface area contributed by atoms with E-state index in [9.17, 15) is 9.18 Å². The number of rotatable bonds is 3. The maximum atomic E-state index is 12.6. The maximum Gasteiger partial charge on any atom is 0.164 e. The third-order valence-electron chi connectivity index (χ3n) is 1.47. The summed E-state index contributed by atoms with van der Waals surface area (Å²) in [4.78, 5) is 11.1. The molecule has 13 heavy (non-hydrogen) atoms. The summed E-state index contributed by atoms with van der Waals surface area (Å²) < 4.78 is 12.6. The second kappa shape index (κ2) is 5.95. The zero-order chi connectivity index (χ0) is 8.97. The van der Waals surface area contributed by atoms with E-state index in [0.717, 1.165) is 0 Å². The average Bonchev–Trinajstić information content (AvgIpc) is 2.05. The predicted octanol–water partition coefficient (Wildman–Crippen LogP) is 3.06. The number of carbonyl (C=O) groups excluding carboxylic acids is 1. The Morgan fingerprint density at radius 2 is 2.15 bits per heavy atom. The Morgan fingerprint density at radius 3 is 2.69 bits per heavy atom. The minimum absolute atomic E-state index is 0. The van der Waals surface area contributed by atoms with Crippen molar-refractivity contribution in [2.24, 2.45) is 0 Å². The lowest BCUT2D eigenvalue weighted by atomic mass is 10.1. The van der Waals surface area contributed by atoms with Gasteiger partial charge in [0.05, 0.1) is 0 Å². The summed E-state index contributed by atoms with van der Waals surface area (Å²) in [6.07, 6.45) is 0.255. The largest absolute Gasteiger partial charge is 0.294 e. The highest BCUT2D eigenvalue weighted by Crippen LogP contribution is 2.06. The van der Waals surface area contributed by atoms with E-state index in [4.69, 9.17) is 11.6 Å². The van der Waals surface area contributed by atoms with Gasteiger partial charge in [-0.25, -0.2) is 4.39 Å². The third-order valence-corrected chi connectivity index (χ3v) is 1.66. The van der Waals surface area contributed by atoms with Gasteiger partial charge in [-0.05, 0) is 12.1 Å². The van der Waals surface area contributed by atoms with Gasteiger partial charge in [0.25, 0.3) is 0 Å². The van der Waals surface area contributed by atoms with Crippen molar-refractivity contribution in [3.05, 3.63) is 35.6 Å². The van der Waals surface area contributed by atoms with Crippen LogP contribution in [0.15, 0.2) is 24.3 Å². The number of ketones is 1. The van der Waals surface area contributed by atoms with Crippen LogP contribution in [-0.2, 0) is 0 Å². The molecule has 0 aliphatic heterocycles. The molecule has 4 heteroatoms. The molecule has 0 fully saturated rings. The Bertz CT molecular complexity index is 289. The number of carbonyl (C=O) groups is 1. The first kappa shape index (κ1) is 12.4. The summed E-state index contributed by atoms with van der Waals surface area (Å²) in [6, 6.07) is 5.61. The van der Waals surface area contributed by atoms with Crippen LogP contribution in [0, 0.1) is 5.82 Å². The van der Waals surface area contributed by atoms with Crippen molar-refractivity contribution in [2.45, 2.75) is 6.42 Å². The van der Waals surface area contributed by atoms with Gasteiger partial charge in [-0.15, -0.1) is 24.0 Å². The standard InChI is InChI=1S/C9H8ClFO.ClH/c10-5-4-9(12)7-2-1-3-8(11)6-7;/h1-3,6H,4-5H2;1H. The fraction of sp³-hybridized carbons (Fsp3) is 0.222. The van der Waals surface area contributed by atoms with Crippen molar-refractivity contribution in [3.63, 3.8) is 0 Å². The van der Waals surface area contributed by atoms with Gasteiger partial charge in [0.15, 0.2) is 5.78 Å². The number of benzene rings is 1. The highest BCUT2D eigenvalue weighted by molar-refractivity contribution is 6.19. The van der Waals surface area contributed by atoms with Crippen molar-refractivity contribution < 1.29 is 9.18 Å². The van der Waals surface area contributed by atoms with E-state index < -0.39 is 5.82 Å². The SMILES string of the molecule is Cl.O=C(CCCl)c1cccc(F)c1. The molecule has 0 amide bonds. The molecular formula is C9H9Cl2FO. The Hall–Kier alpha value is -0.600. The summed E-state index contributed by atoms with van der Waals surface area (Å²) in [6.45, 7) is 0. The Morgan fingerprint density at radius 1 is 1.46 bits per heavy atom. The number of hydrogen-bond donors (Lipinski definition) is 0. The molecule has 0 saturated carbocycles. The van der Waals surface area contributed by atoms with Gasteiger partial charge < -0.3 is 0 Å². The number of Topliss-reactive ketones (excluding diaryl/α,β-unsaturated/α-hetero) is 1. The molecule has 1 nitrogen and oxygen atoms in total. The molecule has 0 unspecified atom stereocenters. The quantitative estimate of drug-likeness (QED) is 0.568. The summed E-state index contributed by atoms with van der Waals surface area (Å²) in [5.74, 6) is -0.241. The molecule has 0 heterocycles. The van der Waals surface area contributed by atoms with E-state index in [1.54, 1.807) is 6.07 Å². The first-order valence-electron chi connectivity index (χ1n) is 3.59. The first-order valence-corrected chi connectivity index (χ1v) is 4.12. The van der Waals surface area contributed by atoms with Gasteiger partial charge in [-0.2, -0.15) is 0 Å². The van der Waals surface area contributed by atoms with Crippen molar-refractivity contribution in [2.75, 3.05) is 5.88 Å². The Balaban J connectivity index is 0.00000144. The zero-order valence-corrected chi connectivity index (χ0v) is 8.37. The highest BCUT2D eigenvalue weighted by atomic mass is 35.5. The summed E-state index contributed by atoms with van der Waals surface area (Å²) in [7, 11) is 0. The normalized spacial score (nSPS) is 9.08. The van der Waals surface area contributed by atoms with Gasteiger partial charge >= 0.3 is 0 Å². The second-order valence-corrected chi connectivity index (χ2v) is 2.75.